The highest BCUT2D eigenvalue weighted by Gasteiger charge is 2.19. The van der Waals surface area contributed by atoms with Crippen LogP contribution >= 0.6 is 0 Å². The van der Waals surface area contributed by atoms with Gasteiger partial charge in [-0.2, -0.15) is 0 Å². The molecule has 1 aromatic rings. The lowest BCUT2D eigenvalue weighted by Gasteiger charge is -2.28. The second-order valence-corrected chi connectivity index (χ2v) is 7.44. The van der Waals surface area contributed by atoms with Crippen LogP contribution in [0.15, 0.2) is 35.9 Å². The minimum absolute atomic E-state index is 0.0531. The minimum atomic E-state index is 0.0531. The Labute approximate surface area is 149 Å². The van der Waals surface area contributed by atoms with Crippen LogP contribution in [0.5, 0.6) is 0 Å². The van der Waals surface area contributed by atoms with Gasteiger partial charge in [-0.1, -0.05) is 89.4 Å². The number of hydrogen-bond donors (Lipinski definition) is 0. The van der Waals surface area contributed by atoms with Crippen molar-refractivity contribution in [1.82, 2.24) is 4.90 Å². The Morgan fingerprint density at radius 1 is 1.08 bits per heavy atom. The van der Waals surface area contributed by atoms with Gasteiger partial charge in [0.15, 0.2) is 0 Å². The summed E-state index contributed by atoms with van der Waals surface area (Å²) in [6.07, 6.45) is 7.01. The number of hydrogen-bond acceptors (Lipinski definition) is 1. The molecule has 1 rings (SSSR count). The molecule has 0 saturated heterocycles. The van der Waals surface area contributed by atoms with Crippen LogP contribution in [0.2, 0.25) is 0 Å². The predicted octanol–water partition coefficient (Wildman–Crippen LogP) is 5.79. The van der Waals surface area contributed by atoms with Crippen molar-refractivity contribution in [2.24, 2.45) is 11.8 Å². The molecule has 0 radical (unpaired) electrons. The first-order chi connectivity index (χ1) is 11.4. The number of rotatable bonds is 10. The van der Waals surface area contributed by atoms with E-state index in [1.165, 1.54) is 30.4 Å². The molecular weight excluding hydrogens is 294 g/mol. The number of unbranched alkanes of at least 4 members (excludes halogenated alkanes) is 2. The van der Waals surface area contributed by atoms with Gasteiger partial charge < -0.3 is 4.90 Å². The van der Waals surface area contributed by atoms with Crippen molar-refractivity contribution in [1.29, 1.82) is 0 Å². The standard InChI is InChI=1S/C22H35NO/c1-6-7-9-14-21(15-20-12-10-8-11-13-20)17-23(16-18(2)3)22(24)19(4)5/h8,10-13,15,18-19H,6-7,9,14,16-17H2,1-5H3/b21-15+. The van der Waals surface area contributed by atoms with Crippen molar-refractivity contribution in [3.8, 4) is 0 Å². The van der Waals surface area contributed by atoms with E-state index in [4.69, 9.17) is 0 Å². The topological polar surface area (TPSA) is 20.3 Å². The molecule has 0 bridgehead atoms. The fourth-order valence-electron chi connectivity index (χ4n) is 2.87. The van der Waals surface area contributed by atoms with E-state index < -0.39 is 0 Å². The van der Waals surface area contributed by atoms with E-state index >= 15 is 0 Å². The Bertz CT molecular complexity index is 502. The molecule has 0 aromatic heterocycles. The quantitative estimate of drug-likeness (QED) is 0.497. The van der Waals surface area contributed by atoms with E-state index in [2.05, 4.69) is 56.0 Å². The SMILES string of the molecule is CCCCC/C(=C\c1ccccc1)CN(CC(C)C)C(=O)C(C)C. The molecule has 0 unspecified atom stereocenters. The fourth-order valence-corrected chi connectivity index (χ4v) is 2.87. The lowest BCUT2D eigenvalue weighted by Crippen LogP contribution is -2.38. The van der Waals surface area contributed by atoms with E-state index in [0.29, 0.717) is 5.92 Å². The third-order valence-corrected chi connectivity index (χ3v) is 4.06. The van der Waals surface area contributed by atoms with Gasteiger partial charge in [-0.25, -0.2) is 0 Å². The van der Waals surface area contributed by atoms with Gasteiger partial charge in [-0.3, -0.25) is 4.79 Å². The van der Waals surface area contributed by atoms with Crippen LogP contribution < -0.4 is 0 Å². The molecular formula is C22H35NO. The zero-order valence-corrected chi connectivity index (χ0v) is 16.2. The van der Waals surface area contributed by atoms with Crippen molar-refractivity contribution in [3.05, 3.63) is 41.5 Å². The van der Waals surface area contributed by atoms with E-state index in [0.717, 1.165) is 19.5 Å². The Kier molecular flexibility index (Phi) is 9.44. The summed E-state index contributed by atoms with van der Waals surface area (Å²) in [6, 6.07) is 10.5. The van der Waals surface area contributed by atoms with Gasteiger partial charge in [0, 0.05) is 19.0 Å². The first-order valence-corrected chi connectivity index (χ1v) is 9.47. The molecule has 0 atom stereocenters. The predicted molar refractivity (Wildman–Crippen MR) is 105 cm³/mol. The van der Waals surface area contributed by atoms with Crippen molar-refractivity contribution in [2.75, 3.05) is 13.1 Å². The molecule has 1 aromatic carbocycles. The smallest absolute Gasteiger partial charge is 0.225 e. The molecule has 134 valence electrons. The minimum Gasteiger partial charge on any atom is -0.338 e. The van der Waals surface area contributed by atoms with Gasteiger partial charge in [-0.15, -0.1) is 0 Å². The summed E-state index contributed by atoms with van der Waals surface area (Å²) in [4.78, 5) is 14.6. The maximum absolute atomic E-state index is 12.6. The maximum atomic E-state index is 12.6. The monoisotopic (exact) mass is 329 g/mol. The first-order valence-electron chi connectivity index (χ1n) is 9.47. The van der Waals surface area contributed by atoms with E-state index in [1.54, 1.807) is 0 Å². The van der Waals surface area contributed by atoms with Crippen molar-refractivity contribution in [3.63, 3.8) is 0 Å². The highest BCUT2D eigenvalue weighted by atomic mass is 16.2. The summed E-state index contributed by atoms with van der Waals surface area (Å²) in [6.45, 7) is 12.2. The van der Waals surface area contributed by atoms with Crippen LogP contribution in [0.25, 0.3) is 6.08 Å². The highest BCUT2D eigenvalue weighted by Crippen LogP contribution is 2.17. The molecule has 0 aliphatic carbocycles. The van der Waals surface area contributed by atoms with E-state index in [9.17, 15) is 4.79 Å². The normalized spacial score (nSPS) is 12.0. The Hall–Kier alpha value is -1.57. The Morgan fingerprint density at radius 2 is 1.75 bits per heavy atom. The lowest BCUT2D eigenvalue weighted by molar-refractivity contribution is -0.134. The van der Waals surface area contributed by atoms with Crippen LogP contribution in [-0.4, -0.2) is 23.9 Å². The summed E-state index contributed by atoms with van der Waals surface area (Å²) >= 11 is 0. The van der Waals surface area contributed by atoms with Crippen molar-refractivity contribution >= 4 is 12.0 Å². The van der Waals surface area contributed by atoms with Crippen LogP contribution in [0.4, 0.5) is 0 Å². The van der Waals surface area contributed by atoms with Gasteiger partial charge in [0.2, 0.25) is 5.91 Å². The van der Waals surface area contributed by atoms with Crippen molar-refractivity contribution in [2.45, 2.75) is 60.3 Å². The van der Waals surface area contributed by atoms with Crippen LogP contribution in [0.3, 0.4) is 0 Å². The van der Waals surface area contributed by atoms with Crippen molar-refractivity contribution < 1.29 is 4.79 Å². The molecule has 0 aliphatic rings. The average Bonchev–Trinajstić information content (AvgIpc) is 2.54. The molecule has 0 spiro atoms. The first kappa shape index (κ1) is 20.5. The van der Waals surface area contributed by atoms with Crippen LogP contribution in [0.1, 0.15) is 65.9 Å². The molecule has 2 heteroatoms. The lowest BCUT2D eigenvalue weighted by atomic mass is 10.0. The van der Waals surface area contributed by atoms with E-state index in [1.807, 2.05) is 19.9 Å². The largest absolute Gasteiger partial charge is 0.338 e. The number of carbonyl (C=O) groups is 1. The average molecular weight is 330 g/mol. The number of nitrogens with zero attached hydrogens (tertiary/aromatic N) is 1. The third kappa shape index (κ3) is 7.81. The number of amides is 1. The zero-order chi connectivity index (χ0) is 17.9. The summed E-state index contributed by atoms with van der Waals surface area (Å²) in [5, 5.41) is 0. The highest BCUT2D eigenvalue weighted by molar-refractivity contribution is 5.78. The Balaban J connectivity index is 2.94. The van der Waals surface area contributed by atoms with Gasteiger partial charge in [0.05, 0.1) is 0 Å². The molecule has 24 heavy (non-hydrogen) atoms. The molecule has 0 heterocycles. The summed E-state index contributed by atoms with van der Waals surface area (Å²) in [5.74, 6) is 0.803. The third-order valence-electron chi connectivity index (χ3n) is 4.06. The fraction of sp³-hybridized carbons (Fsp3) is 0.591. The molecule has 0 fully saturated rings. The van der Waals surface area contributed by atoms with Gasteiger partial charge in [0.1, 0.15) is 0 Å². The Morgan fingerprint density at radius 3 is 2.29 bits per heavy atom. The second kappa shape index (κ2) is 11.1. The molecule has 0 saturated carbocycles. The van der Waals surface area contributed by atoms with Gasteiger partial charge in [0.25, 0.3) is 0 Å². The summed E-state index contributed by atoms with van der Waals surface area (Å²) < 4.78 is 0. The molecule has 0 N–H and O–H groups in total. The zero-order valence-electron chi connectivity index (χ0n) is 16.2. The molecule has 0 aliphatic heterocycles. The molecule has 1 amide bonds. The summed E-state index contributed by atoms with van der Waals surface area (Å²) in [5.41, 5.74) is 2.59. The number of carbonyl (C=O) groups excluding carboxylic acids is 1. The van der Waals surface area contributed by atoms with Gasteiger partial charge >= 0.3 is 0 Å². The van der Waals surface area contributed by atoms with Gasteiger partial charge in [-0.05, 0) is 24.3 Å². The number of benzene rings is 1. The van der Waals surface area contributed by atoms with Crippen LogP contribution in [0, 0.1) is 11.8 Å². The summed E-state index contributed by atoms with van der Waals surface area (Å²) in [7, 11) is 0. The molecule has 2 nitrogen and oxygen atoms in total. The van der Waals surface area contributed by atoms with E-state index in [-0.39, 0.29) is 11.8 Å². The second-order valence-electron chi connectivity index (χ2n) is 7.44. The maximum Gasteiger partial charge on any atom is 0.225 e. The van der Waals surface area contributed by atoms with Crippen LogP contribution in [-0.2, 0) is 4.79 Å².